The number of carbonyl (C=O) groups excluding carboxylic acids is 3. The quantitative estimate of drug-likeness (QED) is 0.297. The van der Waals surface area contributed by atoms with Crippen molar-refractivity contribution in [3.05, 3.63) is 0 Å². The van der Waals surface area contributed by atoms with Crippen molar-refractivity contribution in [2.45, 2.75) is 37.1 Å². The van der Waals surface area contributed by atoms with Crippen molar-refractivity contribution in [3.63, 3.8) is 0 Å². The Bertz CT molecular complexity index is 447. The summed E-state index contributed by atoms with van der Waals surface area (Å²) in [6, 6.07) is -2.03. The molecule has 132 valence electrons. The molecular formula is C13H23N3O5S2. The van der Waals surface area contributed by atoms with E-state index in [9.17, 15) is 19.2 Å². The van der Waals surface area contributed by atoms with Crippen LogP contribution in [0, 0.1) is 0 Å². The number of ketones is 1. The van der Waals surface area contributed by atoms with E-state index in [4.69, 9.17) is 10.8 Å². The van der Waals surface area contributed by atoms with Gasteiger partial charge in [-0.2, -0.15) is 24.4 Å². The van der Waals surface area contributed by atoms with Crippen LogP contribution in [0.1, 0.15) is 19.8 Å². The van der Waals surface area contributed by atoms with Gasteiger partial charge < -0.3 is 21.5 Å². The number of carboxylic acid groups (broad SMARTS) is 1. The second-order valence-electron chi connectivity index (χ2n) is 4.85. The number of carboxylic acids is 1. The Morgan fingerprint density at radius 3 is 2.39 bits per heavy atom. The lowest BCUT2D eigenvalue weighted by molar-refractivity contribution is -0.138. The van der Waals surface area contributed by atoms with Crippen LogP contribution < -0.4 is 16.4 Å². The lowest BCUT2D eigenvalue weighted by atomic mass is 10.1. The molecule has 2 amide bonds. The normalized spacial score (nSPS) is 14.4. The molecule has 0 saturated heterocycles. The molecule has 0 aliphatic carbocycles. The molecule has 10 heteroatoms. The third-order valence-electron chi connectivity index (χ3n) is 3.08. The van der Waals surface area contributed by atoms with Crippen LogP contribution in [0.4, 0.5) is 0 Å². The molecule has 0 spiro atoms. The number of nitrogens with one attached hydrogen (secondary N) is 2. The Balaban J connectivity index is 4.31. The molecule has 3 unspecified atom stereocenters. The molecule has 0 aliphatic rings. The number of nitrogens with two attached hydrogens (primary N) is 1. The van der Waals surface area contributed by atoms with Crippen LogP contribution in [0.5, 0.6) is 0 Å². The van der Waals surface area contributed by atoms with Crippen molar-refractivity contribution in [1.82, 2.24) is 10.6 Å². The van der Waals surface area contributed by atoms with E-state index in [0.29, 0.717) is 0 Å². The maximum Gasteiger partial charge on any atom is 0.320 e. The average Bonchev–Trinajstić information content (AvgIpc) is 2.53. The predicted octanol–water partition coefficient (Wildman–Crippen LogP) is -0.970. The third-order valence-corrected chi connectivity index (χ3v) is 4.41. The minimum atomic E-state index is -1.19. The van der Waals surface area contributed by atoms with E-state index in [1.54, 1.807) is 13.2 Å². The number of hydrogen-bond donors (Lipinski definition) is 5. The van der Waals surface area contributed by atoms with Crippen LogP contribution in [-0.2, 0) is 19.2 Å². The molecule has 0 rings (SSSR count). The number of amides is 2. The SMILES string of the molecule is CSC(C)C(=O)CNC(=O)C(CS)NC(=O)CCC(N)C(=O)O. The third kappa shape index (κ3) is 8.82. The monoisotopic (exact) mass is 365 g/mol. The second kappa shape index (κ2) is 11.3. The summed E-state index contributed by atoms with van der Waals surface area (Å²) in [7, 11) is 0. The maximum atomic E-state index is 11.9. The molecule has 8 nitrogen and oxygen atoms in total. The van der Waals surface area contributed by atoms with Crippen molar-refractivity contribution in [2.75, 3.05) is 18.6 Å². The summed E-state index contributed by atoms with van der Waals surface area (Å²) in [5.74, 6) is -2.28. The van der Waals surface area contributed by atoms with Gasteiger partial charge >= 0.3 is 5.97 Å². The van der Waals surface area contributed by atoms with Gasteiger partial charge in [-0.25, -0.2) is 0 Å². The Hall–Kier alpha value is -1.26. The van der Waals surface area contributed by atoms with Crippen LogP contribution in [0.3, 0.4) is 0 Å². The first-order valence-electron chi connectivity index (χ1n) is 6.94. The average molecular weight is 365 g/mol. The summed E-state index contributed by atoms with van der Waals surface area (Å²) in [4.78, 5) is 45.8. The fourth-order valence-corrected chi connectivity index (χ4v) is 2.05. The molecule has 0 fully saturated rings. The molecule has 23 heavy (non-hydrogen) atoms. The Kier molecular flexibility index (Phi) is 10.7. The van der Waals surface area contributed by atoms with Crippen LogP contribution in [0.15, 0.2) is 0 Å². The van der Waals surface area contributed by atoms with E-state index in [1.807, 2.05) is 0 Å². The van der Waals surface area contributed by atoms with Gasteiger partial charge in [0.05, 0.1) is 11.8 Å². The first kappa shape index (κ1) is 21.7. The number of hydrogen-bond acceptors (Lipinski definition) is 7. The van der Waals surface area contributed by atoms with Crippen molar-refractivity contribution in [3.8, 4) is 0 Å². The highest BCUT2D eigenvalue weighted by atomic mass is 32.2. The standard InChI is InChI=1S/C13H23N3O5S2/c1-7(23-2)10(17)5-15-12(19)9(6-22)16-11(18)4-3-8(14)13(20)21/h7-9,22H,3-6,14H2,1-2H3,(H,15,19)(H,16,18)(H,20,21). The highest BCUT2D eigenvalue weighted by Gasteiger charge is 2.21. The van der Waals surface area contributed by atoms with Crippen molar-refractivity contribution in [1.29, 1.82) is 0 Å². The number of thioether (sulfide) groups is 1. The Morgan fingerprint density at radius 1 is 1.30 bits per heavy atom. The first-order valence-corrected chi connectivity index (χ1v) is 8.86. The topological polar surface area (TPSA) is 139 Å². The lowest BCUT2D eigenvalue weighted by Crippen LogP contribution is -2.49. The Morgan fingerprint density at radius 2 is 1.91 bits per heavy atom. The number of carbonyl (C=O) groups is 4. The molecule has 0 saturated carbocycles. The smallest absolute Gasteiger partial charge is 0.320 e. The molecule has 0 aromatic heterocycles. The molecule has 0 aromatic carbocycles. The van der Waals surface area contributed by atoms with E-state index < -0.39 is 29.9 Å². The zero-order valence-electron chi connectivity index (χ0n) is 13.1. The molecule has 3 atom stereocenters. The van der Waals surface area contributed by atoms with Gasteiger partial charge in [0.15, 0.2) is 5.78 Å². The van der Waals surface area contributed by atoms with E-state index in [-0.39, 0.29) is 36.2 Å². The molecule has 0 aliphatic heterocycles. The summed E-state index contributed by atoms with van der Waals surface area (Å²) in [6.07, 6.45) is 1.64. The van der Waals surface area contributed by atoms with Gasteiger partial charge in [-0.3, -0.25) is 19.2 Å². The molecule has 0 radical (unpaired) electrons. The molecule has 0 heterocycles. The van der Waals surface area contributed by atoms with E-state index >= 15 is 0 Å². The summed E-state index contributed by atoms with van der Waals surface area (Å²) >= 11 is 5.37. The van der Waals surface area contributed by atoms with Gasteiger partial charge in [0.25, 0.3) is 0 Å². The molecule has 5 N–H and O–H groups in total. The lowest BCUT2D eigenvalue weighted by Gasteiger charge is -2.17. The summed E-state index contributed by atoms with van der Waals surface area (Å²) in [5.41, 5.74) is 5.30. The van der Waals surface area contributed by atoms with Gasteiger partial charge in [-0.05, 0) is 19.6 Å². The van der Waals surface area contributed by atoms with Crippen LogP contribution in [-0.4, -0.2) is 64.6 Å². The van der Waals surface area contributed by atoms with Gasteiger partial charge in [0.1, 0.15) is 12.1 Å². The van der Waals surface area contributed by atoms with Gasteiger partial charge in [-0.15, -0.1) is 0 Å². The summed E-state index contributed by atoms with van der Waals surface area (Å²) in [6.45, 7) is 1.62. The van der Waals surface area contributed by atoms with Gasteiger partial charge in [0, 0.05) is 12.2 Å². The summed E-state index contributed by atoms with van der Waals surface area (Å²) in [5, 5.41) is 13.3. The molecular weight excluding hydrogens is 342 g/mol. The Labute approximate surface area is 144 Å². The van der Waals surface area contributed by atoms with Crippen LogP contribution in [0.25, 0.3) is 0 Å². The van der Waals surface area contributed by atoms with Crippen LogP contribution in [0.2, 0.25) is 0 Å². The predicted molar refractivity (Wildman–Crippen MR) is 91.6 cm³/mol. The minimum Gasteiger partial charge on any atom is -0.480 e. The maximum absolute atomic E-state index is 11.9. The number of aliphatic carboxylic acids is 1. The van der Waals surface area contributed by atoms with E-state index in [2.05, 4.69) is 23.3 Å². The fourth-order valence-electron chi connectivity index (χ4n) is 1.44. The zero-order valence-corrected chi connectivity index (χ0v) is 14.8. The second-order valence-corrected chi connectivity index (χ2v) is 6.39. The number of thiol groups is 1. The van der Waals surface area contributed by atoms with Crippen molar-refractivity contribution in [2.24, 2.45) is 5.73 Å². The highest BCUT2D eigenvalue weighted by molar-refractivity contribution is 7.99. The van der Waals surface area contributed by atoms with E-state index in [0.717, 1.165) is 0 Å². The zero-order chi connectivity index (χ0) is 18.0. The largest absolute Gasteiger partial charge is 0.480 e. The van der Waals surface area contributed by atoms with Gasteiger partial charge in [-0.1, -0.05) is 0 Å². The number of Topliss-reactive ketones (excluding diaryl/α,β-unsaturated/α-hetero) is 1. The number of rotatable bonds is 11. The highest BCUT2D eigenvalue weighted by Crippen LogP contribution is 2.05. The fraction of sp³-hybridized carbons (Fsp3) is 0.692. The minimum absolute atomic E-state index is 0.0359. The van der Waals surface area contributed by atoms with Crippen molar-refractivity contribution < 1.29 is 24.3 Å². The first-order chi connectivity index (χ1) is 10.7. The molecule has 0 aromatic rings. The van der Waals surface area contributed by atoms with E-state index in [1.165, 1.54) is 11.8 Å². The van der Waals surface area contributed by atoms with Crippen LogP contribution >= 0.6 is 24.4 Å². The molecule has 0 bridgehead atoms. The van der Waals surface area contributed by atoms with Gasteiger partial charge in [0.2, 0.25) is 11.8 Å². The van der Waals surface area contributed by atoms with Crippen molar-refractivity contribution >= 4 is 48.0 Å². The summed E-state index contributed by atoms with van der Waals surface area (Å²) < 4.78 is 0.